The van der Waals surface area contributed by atoms with Gasteiger partial charge in [0.25, 0.3) is 0 Å². The number of pyridine rings is 1. The van der Waals surface area contributed by atoms with Crippen LogP contribution in [0.4, 0.5) is 0 Å². The molecule has 2 N–H and O–H groups in total. The third-order valence-corrected chi connectivity index (χ3v) is 6.76. The molecule has 2 aromatic rings. The van der Waals surface area contributed by atoms with E-state index in [0.29, 0.717) is 31.4 Å². The van der Waals surface area contributed by atoms with Crippen molar-refractivity contribution in [3.05, 3.63) is 36.0 Å². The van der Waals surface area contributed by atoms with E-state index in [-0.39, 0.29) is 29.9 Å². The molecule has 3 rings (SSSR count). The van der Waals surface area contributed by atoms with Crippen molar-refractivity contribution >= 4 is 26.8 Å². The molecule has 1 atom stereocenters. The van der Waals surface area contributed by atoms with E-state index in [1.165, 1.54) is 4.31 Å². The van der Waals surface area contributed by atoms with Crippen molar-refractivity contribution in [1.82, 2.24) is 14.2 Å². The monoisotopic (exact) mass is 390 g/mol. The lowest BCUT2D eigenvalue weighted by Crippen LogP contribution is -2.50. The van der Waals surface area contributed by atoms with Crippen molar-refractivity contribution < 1.29 is 13.2 Å². The van der Waals surface area contributed by atoms with Gasteiger partial charge in [0.2, 0.25) is 15.9 Å². The van der Waals surface area contributed by atoms with Gasteiger partial charge in [0, 0.05) is 50.2 Å². The van der Waals surface area contributed by atoms with Gasteiger partial charge in [0.1, 0.15) is 4.90 Å². The molecule has 0 aliphatic carbocycles. The summed E-state index contributed by atoms with van der Waals surface area (Å²) in [7, 11) is -3.66. The van der Waals surface area contributed by atoms with Gasteiger partial charge in [0.15, 0.2) is 0 Å². The topological polar surface area (TPSA) is 96.6 Å². The number of hydrogen-bond donors (Lipinski definition) is 1. The molecule has 1 amide bonds. The Morgan fingerprint density at radius 2 is 1.96 bits per heavy atom. The number of nitrogens with two attached hydrogens (primary N) is 1. The number of aryl methyl sites for hydroxylation is 1. The molecule has 0 spiro atoms. The van der Waals surface area contributed by atoms with Crippen molar-refractivity contribution in [2.75, 3.05) is 26.2 Å². The molecular formula is C19H26N4O3S. The molecule has 27 heavy (non-hydrogen) atoms. The smallest absolute Gasteiger partial charge is 0.245 e. The third-order valence-electron chi connectivity index (χ3n) is 4.83. The molecule has 1 aliphatic heterocycles. The number of fused-ring (bicyclic) bond motifs is 1. The summed E-state index contributed by atoms with van der Waals surface area (Å²) in [5.41, 5.74) is 7.17. The maximum Gasteiger partial charge on any atom is 0.245 e. The second-order valence-corrected chi connectivity index (χ2v) is 9.05. The minimum atomic E-state index is -3.66. The van der Waals surface area contributed by atoms with Crippen LogP contribution >= 0.6 is 0 Å². The minimum absolute atomic E-state index is 0.0156. The number of sulfonamides is 1. The van der Waals surface area contributed by atoms with Gasteiger partial charge in [-0.1, -0.05) is 12.1 Å². The van der Waals surface area contributed by atoms with Crippen LogP contribution in [0.1, 0.15) is 25.3 Å². The maximum atomic E-state index is 13.1. The summed E-state index contributed by atoms with van der Waals surface area (Å²) >= 11 is 0. The SMILES string of the molecule is Cc1cnc2c(S(=O)(=O)N3CCN(C(=O)CCC(C)N)CC3)cccc2c1. The van der Waals surface area contributed by atoms with Gasteiger partial charge >= 0.3 is 0 Å². The maximum absolute atomic E-state index is 13.1. The zero-order valence-electron chi connectivity index (χ0n) is 15.8. The lowest BCUT2D eigenvalue weighted by Gasteiger charge is -2.34. The Morgan fingerprint density at radius 1 is 1.26 bits per heavy atom. The van der Waals surface area contributed by atoms with Crippen molar-refractivity contribution in [2.24, 2.45) is 5.73 Å². The number of nitrogens with zero attached hydrogens (tertiary/aromatic N) is 3. The molecule has 7 nitrogen and oxygen atoms in total. The molecule has 1 aromatic carbocycles. The predicted molar refractivity (Wildman–Crippen MR) is 105 cm³/mol. The predicted octanol–water partition coefficient (Wildman–Crippen LogP) is 1.50. The fourth-order valence-electron chi connectivity index (χ4n) is 3.28. The van der Waals surface area contributed by atoms with Crippen molar-refractivity contribution in [1.29, 1.82) is 0 Å². The van der Waals surface area contributed by atoms with E-state index in [1.54, 1.807) is 23.2 Å². The van der Waals surface area contributed by atoms with Crippen LogP contribution in [0.3, 0.4) is 0 Å². The van der Waals surface area contributed by atoms with Crippen LogP contribution in [0, 0.1) is 6.92 Å². The molecule has 2 heterocycles. The summed E-state index contributed by atoms with van der Waals surface area (Å²) in [6, 6.07) is 7.11. The first-order chi connectivity index (χ1) is 12.8. The van der Waals surface area contributed by atoms with Gasteiger partial charge in [-0.2, -0.15) is 4.31 Å². The van der Waals surface area contributed by atoms with Crippen molar-refractivity contribution in [3.63, 3.8) is 0 Å². The molecule has 1 aliphatic rings. The van der Waals surface area contributed by atoms with E-state index < -0.39 is 10.0 Å². The fraction of sp³-hybridized carbons (Fsp3) is 0.474. The van der Waals surface area contributed by atoms with E-state index in [4.69, 9.17) is 5.73 Å². The molecule has 1 aromatic heterocycles. The number of aromatic nitrogens is 1. The summed E-state index contributed by atoms with van der Waals surface area (Å²) in [6.07, 6.45) is 2.71. The third kappa shape index (κ3) is 4.28. The van der Waals surface area contributed by atoms with Gasteiger partial charge in [-0.15, -0.1) is 0 Å². The number of rotatable bonds is 5. The first-order valence-corrected chi connectivity index (χ1v) is 10.6. The van der Waals surface area contributed by atoms with Crippen LogP contribution in [0.15, 0.2) is 35.4 Å². The highest BCUT2D eigenvalue weighted by Gasteiger charge is 2.31. The molecular weight excluding hydrogens is 364 g/mol. The van der Waals surface area contributed by atoms with E-state index in [9.17, 15) is 13.2 Å². The van der Waals surface area contributed by atoms with Crippen LogP contribution in [-0.4, -0.2) is 60.7 Å². The van der Waals surface area contributed by atoms with E-state index >= 15 is 0 Å². The molecule has 1 fully saturated rings. The number of para-hydroxylation sites is 1. The number of piperazine rings is 1. The fourth-order valence-corrected chi connectivity index (χ4v) is 4.86. The van der Waals surface area contributed by atoms with Crippen LogP contribution in [-0.2, 0) is 14.8 Å². The van der Waals surface area contributed by atoms with Gasteiger partial charge < -0.3 is 10.6 Å². The normalized spacial score (nSPS) is 17.2. The van der Waals surface area contributed by atoms with Crippen LogP contribution < -0.4 is 5.73 Å². The van der Waals surface area contributed by atoms with Crippen LogP contribution in [0.5, 0.6) is 0 Å². The summed E-state index contributed by atoms with van der Waals surface area (Å²) in [6.45, 7) is 5.17. The minimum Gasteiger partial charge on any atom is -0.340 e. The van der Waals surface area contributed by atoms with E-state index in [1.807, 2.05) is 26.0 Å². The Kier molecular flexibility index (Phi) is 5.78. The first-order valence-electron chi connectivity index (χ1n) is 9.18. The quantitative estimate of drug-likeness (QED) is 0.835. The van der Waals surface area contributed by atoms with Crippen LogP contribution in [0.2, 0.25) is 0 Å². The lowest BCUT2D eigenvalue weighted by atomic mass is 10.2. The molecule has 0 saturated carbocycles. The average Bonchev–Trinajstić information content (AvgIpc) is 2.65. The number of carbonyl (C=O) groups excluding carboxylic acids is 1. The zero-order valence-corrected chi connectivity index (χ0v) is 16.6. The Bertz CT molecular complexity index is 935. The highest BCUT2D eigenvalue weighted by Crippen LogP contribution is 2.25. The van der Waals surface area contributed by atoms with Gasteiger partial charge in [0.05, 0.1) is 5.52 Å². The highest BCUT2D eigenvalue weighted by atomic mass is 32.2. The summed E-state index contributed by atoms with van der Waals surface area (Å²) in [4.78, 5) is 18.5. The van der Waals surface area contributed by atoms with E-state index in [0.717, 1.165) is 10.9 Å². The van der Waals surface area contributed by atoms with Crippen molar-refractivity contribution in [2.45, 2.75) is 37.6 Å². The molecule has 0 bridgehead atoms. The molecule has 1 saturated heterocycles. The molecule has 146 valence electrons. The number of amides is 1. The number of benzene rings is 1. The second kappa shape index (κ2) is 7.92. The number of hydrogen-bond acceptors (Lipinski definition) is 5. The Balaban J connectivity index is 1.75. The van der Waals surface area contributed by atoms with Crippen molar-refractivity contribution in [3.8, 4) is 0 Å². The summed E-state index contributed by atoms with van der Waals surface area (Å²) in [5.74, 6) is 0.0339. The standard InChI is InChI=1S/C19H26N4O3S/c1-14-12-16-4-3-5-17(19(16)21-13-14)27(25,26)23-10-8-22(9-11-23)18(24)7-6-15(2)20/h3-5,12-13,15H,6-11,20H2,1-2H3. The molecule has 8 heteroatoms. The van der Waals surface area contributed by atoms with Gasteiger partial charge in [-0.25, -0.2) is 8.42 Å². The highest BCUT2D eigenvalue weighted by molar-refractivity contribution is 7.89. The van der Waals surface area contributed by atoms with E-state index in [2.05, 4.69) is 4.98 Å². The number of carbonyl (C=O) groups is 1. The first kappa shape index (κ1) is 19.7. The Morgan fingerprint density at radius 3 is 2.63 bits per heavy atom. The summed E-state index contributed by atoms with van der Waals surface area (Å²) in [5, 5.41) is 0.806. The largest absolute Gasteiger partial charge is 0.340 e. The molecule has 0 radical (unpaired) electrons. The van der Waals surface area contributed by atoms with Crippen LogP contribution in [0.25, 0.3) is 10.9 Å². The second-order valence-electron chi connectivity index (χ2n) is 7.14. The molecule has 1 unspecified atom stereocenters. The lowest BCUT2D eigenvalue weighted by molar-refractivity contribution is -0.132. The Hall–Kier alpha value is -2.03. The zero-order chi connectivity index (χ0) is 19.6. The van der Waals surface area contributed by atoms with Gasteiger partial charge in [-0.05, 0) is 38.0 Å². The summed E-state index contributed by atoms with van der Waals surface area (Å²) < 4.78 is 27.7. The Labute approximate surface area is 160 Å². The van der Waals surface area contributed by atoms with Gasteiger partial charge in [-0.3, -0.25) is 9.78 Å². The average molecular weight is 391 g/mol.